The molecule has 0 N–H and O–H groups in total. The Morgan fingerprint density at radius 2 is 1.88 bits per heavy atom. The first-order valence-electron chi connectivity index (χ1n) is 8.80. The predicted molar refractivity (Wildman–Crippen MR) is 102 cm³/mol. The van der Waals surface area contributed by atoms with E-state index in [2.05, 4.69) is 4.90 Å². The first-order chi connectivity index (χ1) is 12.5. The molecule has 0 spiro atoms. The fourth-order valence-corrected chi connectivity index (χ4v) is 4.00. The number of carbonyl (C=O) groups is 3. The van der Waals surface area contributed by atoms with Crippen LogP contribution in [0, 0.1) is 0 Å². The zero-order valence-electron chi connectivity index (χ0n) is 14.9. The molecule has 7 heteroatoms. The van der Waals surface area contributed by atoms with E-state index < -0.39 is 23.2 Å². The fourth-order valence-electron chi connectivity index (χ4n) is 3.09. The third kappa shape index (κ3) is 3.77. The molecule has 26 heavy (non-hydrogen) atoms. The van der Waals surface area contributed by atoms with E-state index in [1.807, 2.05) is 24.3 Å². The average molecular weight is 374 g/mol. The molecule has 2 aliphatic rings. The van der Waals surface area contributed by atoms with Crippen molar-refractivity contribution in [1.82, 2.24) is 4.90 Å². The third-order valence-electron chi connectivity index (χ3n) is 4.50. The van der Waals surface area contributed by atoms with Gasteiger partial charge in [0.15, 0.2) is 0 Å². The van der Waals surface area contributed by atoms with E-state index >= 15 is 0 Å². The average Bonchev–Trinajstić information content (AvgIpc) is 3.24. The zero-order chi connectivity index (χ0) is 18.7. The van der Waals surface area contributed by atoms with Gasteiger partial charge in [0.2, 0.25) is 0 Å². The van der Waals surface area contributed by atoms with E-state index in [1.165, 1.54) is 25.5 Å². The van der Waals surface area contributed by atoms with Crippen molar-refractivity contribution in [2.75, 3.05) is 24.6 Å². The van der Waals surface area contributed by atoms with Gasteiger partial charge in [-0.25, -0.2) is 4.79 Å². The normalized spacial score (nSPS) is 20.2. The van der Waals surface area contributed by atoms with Gasteiger partial charge in [0.1, 0.15) is 6.04 Å². The van der Waals surface area contributed by atoms with Gasteiger partial charge in [0.05, 0.1) is 11.5 Å². The van der Waals surface area contributed by atoms with Crippen molar-refractivity contribution in [3.63, 3.8) is 0 Å². The number of benzene rings is 1. The van der Waals surface area contributed by atoms with Crippen molar-refractivity contribution in [2.24, 2.45) is 0 Å². The molecule has 0 aromatic heterocycles. The lowest BCUT2D eigenvalue weighted by Gasteiger charge is -2.19. The van der Waals surface area contributed by atoms with Gasteiger partial charge in [-0.3, -0.25) is 14.5 Å². The highest BCUT2D eigenvalue weighted by molar-refractivity contribution is 8.18. The standard InChI is InChI=1S/C19H22N2O4S/c1-3-25-18(23)13(2)21-17(22)16(26-19(21)24)12-14-6-8-15(9-7-14)20-10-4-5-11-20/h6-9,12-13H,3-5,10-11H2,1-2H3/b16-12+/t13-/m1/s1. The van der Waals surface area contributed by atoms with Crippen LogP contribution in [0.15, 0.2) is 29.2 Å². The number of ether oxygens (including phenoxy) is 1. The summed E-state index contributed by atoms with van der Waals surface area (Å²) in [7, 11) is 0. The van der Waals surface area contributed by atoms with E-state index in [0.717, 1.165) is 35.3 Å². The summed E-state index contributed by atoms with van der Waals surface area (Å²) in [6.07, 6.45) is 4.12. The molecule has 138 valence electrons. The Hall–Kier alpha value is -2.28. The molecule has 2 aliphatic heterocycles. The molecule has 2 saturated heterocycles. The SMILES string of the molecule is CCOC(=O)[C@@H](C)N1C(=O)S/C(=C/c2ccc(N3CCCC3)cc2)C1=O. The number of imide groups is 1. The Kier molecular flexibility index (Phi) is 5.66. The first kappa shape index (κ1) is 18.5. The van der Waals surface area contributed by atoms with Crippen LogP contribution in [-0.4, -0.2) is 47.8 Å². The van der Waals surface area contributed by atoms with Gasteiger partial charge in [-0.1, -0.05) is 12.1 Å². The number of carbonyl (C=O) groups excluding carboxylic acids is 3. The summed E-state index contributed by atoms with van der Waals surface area (Å²) in [6.45, 7) is 5.54. The molecule has 3 rings (SSSR count). The minimum absolute atomic E-state index is 0.207. The number of thioether (sulfide) groups is 1. The highest BCUT2D eigenvalue weighted by Gasteiger charge is 2.41. The Balaban J connectivity index is 1.74. The van der Waals surface area contributed by atoms with Crippen LogP contribution in [0.4, 0.5) is 10.5 Å². The molecule has 0 aliphatic carbocycles. The van der Waals surface area contributed by atoms with E-state index in [0.29, 0.717) is 4.91 Å². The van der Waals surface area contributed by atoms with Crippen molar-refractivity contribution in [3.05, 3.63) is 34.7 Å². The maximum Gasteiger partial charge on any atom is 0.329 e. The minimum atomic E-state index is -0.925. The van der Waals surface area contributed by atoms with Crippen LogP contribution < -0.4 is 4.90 Å². The van der Waals surface area contributed by atoms with Crippen molar-refractivity contribution < 1.29 is 19.1 Å². The van der Waals surface area contributed by atoms with Crippen LogP contribution in [0.5, 0.6) is 0 Å². The molecule has 2 heterocycles. The number of hydrogen-bond acceptors (Lipinski definition) is 6. The zero-order valence-corrected chi connectivity index (χ0v) is 15.8. The Labute approximate surface area is 157 Å². The number of esters is 1. The number of rotatable bonds is 5. The lowest BCUT2D eigenvalue weighted by molar-refractivity contribution is -0.150. The molecule has 0 saturated carbocycles. The lowest BCUT2D eigenvalue weighted by atomic mass is 10.1. The van der Waals surface area contributed by atoms with Crippen molar-refractivity contribution >= 4 is 40.6 Å². The summed E-state index contributed by atoms with van der Waals surface area (Å²) in [5.41, 5.74) is 2.02. The van der Waals surface area contributed by atoms with Gasteiger partial charge < -0.3 is 9.64 Å². The van der Waals surface area contributed by atoms with Crippen molar-refractivity contribution in [3.8, 4) is 0 Å². The predicted octanol–water partition coefficient (Wildman–Crippen LogP) is 3.27. The van der Waals surface area contributed by atoms with Crippen LogP contribution in [0.1, 0.15) is 32.3 Å². The summed E-state index contributed by atoms with van der Waals surface area (Å²) < 4.78 is 4.91. The minimum Gasteiger partial charge on any atom is -0.464 e. The molecule has 0 unspecified atom stereocenters. The summed E-state index contributed by atoms with van der Waals surface area (Å²) in [4.78, 5) is 40.2. The molecule has 0 radical (unpaired) electrons. The quantitative estimate of drug-likeness (QED) is 0.582. The van der Waals surface area contributed by atoms with Crippen molar-refractivity contribution in [1.29, 1.82) is 0 Å². The van der Waals surface area contributed by atoms with Gasteiger partial charge in [-0.15, -0.1) is 0 Å². The Bertz CT molecular complexity index is 738. The maximum absolute atomic E-state index is 12.5. The second-order valence-electron chi connectivity index (χ2n) is 6.27. The van der Waals surface area contributed by atoms with Crippen LogP contribution in [0.2, 0.25) is 0 Å². The molecule has 0 bridgehead atoms. The van der Waals surface area contributed by atoms with Crippen molar-refractivity contribution in [2.45, 2.75) is 32.7 Å². The Morgan fingerprint density at radius 1 is 1.23 bits per heavy atom. The fraction of sp³-hybridized carbons (Fsp3) is 0.421. The topological polar surface area (TPSA) is 66.9 Å². The largest absolute Gasteiger partial charge is 0.464 e. The summed E-state index contributed by atoms with van der Waals surface area (Å²) in [5, 5.41) is -0.449. The molecule has 1 aromatic rings. The molecular formula is C19H22N2O4S. The van der Waals surface area contributed by atoms with E-state index in [4.69, 9.17) is 4.74 Å². The lowest BCUT2D eigenvalue weighted by Crippen LogP contribution is -2.42. The molecule has 6 nitrogen and oxygen atoms in total. The van der Waals surface area contributed by atoms with Crippen LogP contribution in [-0.2, 0) is 14.3 Å². The first-order valence-corrected chi connectivity index (χ1v) is 9.61. The molecular weight excluding hydrogens is 352 g/mol. The van der Waals surface area contributed by atoms with E-state index in [9.17, 15) is 14.4 Å². The van der Waals surface area contributed by atoms with Crippen LogP contribution in [0.3, 0.4) is 0 Å². The number of nitrogens with zero attached hydrogens (tertiary/aromatic N) is 2. The number of amides is 2. The highest BCUT2D eigenvalue weighted by atomic mass is 32.2. The van der Waals surface area contributed by atoms with E-state index in [1.54, 1.807) is 13.0 Å². The van der Waals surface area contributed by atoms with Gasteiger partial charge in [-0.05, 0) is 62.2 Å². The van der Waals surface area contributed by atoms with Gasteiger partial charge >= 0.3 is 5.97 Å². The van der Waals surface area contributed by atoms with Gasteiger partial charge in [0.25, 0.3) is 11.1 Å². The van der Waals surface area contributed by atoms with Crippen LogP contribution in [0.25, 0.3) is 6.08 Å². The van der Waals surface area contributed by atoms with Crippen LogP contribution >= 0.6 is 11.8 Å². The summed E-state index contributed by atoms with van der Waals surface area (Å²) >= 11 is 0.850. The molecule has 1 atom stereocenters. The second kappa shape index (κ2) is 7.95. The summed E-state index contributed by atoms with van der Waals surface area (Å²) in [5.74, 6) is -1.03. The Morgan fingerprint density at radius 3 is 2.50 bits per heavy atom. The van der Waals surface area contributed by atoms with Gasteiger partial charge in [0, 0.05) is 18.8 Å². The van der Waals surface area contributed by atoms with Gasteiger partial charge in [-0.2, -0.15) is 0 Å². The summed E-state index contributed by atoms with van der Waals surface area (Å²) in [6, 6.07) is 7.02. The number of hydrogen-bond donors (Lipinski definition) is 0. The monoisotopic (exact) mass is 374 g/mol. The third-order valence-corrected chi connectivity index (χ3v) is 5.38. The van der Waals surface area contributed by atoms with E-state index in [-0.39, 0.29) is 6.61 Å². The molecule has 2 amide bonds. The smallest absolute Gasteiger partial charge is 0.329 e. The molecule has 1 aromatic carbocycles. The molecule has 2 fully saturated rings. The number of anilines is 1. The second-order valence-corrected chi connectivity index (χ2v) is 7.26. The maximum atomic E-state index is 12.5. The highest BCUT2D eigenvalue weighted by Crippen LogP contribution is 2.34.